The molecule has 12 heteroatoms. The molecule has 34 heavy (non-hydrogen) atoms. The van der Waals surface area contributed by atoms with Gasteiger partial charge in [0.05, 0.1) is 17.7 Å². The van der Waals surface area contributed by atoms with E-state index in [2.05, 4.69) is 0 Å². The fraction of sp³-hybridized carbons (Fsp3) is 0.727. The first-order chi connectivity index (χ1) is 16.1. The number of hydrogen-bond acceptors (Lipinski definition) is 5. The summed E-state index contributed by atoms with van der Waals surface area (Å²) in [7, 11) is 1.20. The lowest BCUT2D eigenvalue weighted by Gasteiger charge is -2.35. The highest BCUT2D eigenvalue weighted by Gasteiger charge is 2.54. The summed E-state index contributed by atoms with van der Waals surface area (Å²) < 4.78 is 79.5. The smallest absolute Gasteiger partial charge is 0.329 e. The highest BCUT2D eigenvalue weighted by atomic mass is 19.3. The summed E-state index contributed by atoms with van der Waals surface area (Å²) in [5.41, 5.74) is -2.97. The van der Waals surface area contributed by atoms with E-state index in [9.17, 15) is 32.3 Å². The average molecular weight is 491 g/mol. The van der Waals surface area contributed by atoms with E-state index < -0.39 is 65.0 Å². The molecule has 1 aromatic rings. The van der Waals surface area contributed by atoms with Crippen LogP contribution in [0.15, 0.2) is 9.59 Å². The molecule has 0 amide bonds. The normalized spacial score (nSPS) is 33.6. The Hall–Kier alpha value is -2.21. The first-order valence-electron chi connectivity index (χ1n) is 11.5. The molecule has 2 N–H and O–H groups in total. The number of halogens is 5. The second kappa shape index (κ2) is 8.18. The van der Waals surface area contributed by atoms with E-state index in [0.29, 0.717) is 19.3 Å². The number of hydrogen-bond donors (Lipinski definition) is 2. The van der Waals surface area contributed by atoms with Gasteiger partial charge in [0.1, 0.15) is 17.9 Å². The van der Waals surface area contributed by atoms with Gasteiger partial charge in [-0.1, -0.05) is 0 Å². The highest BCUT2D eigenvalue weighted by Crippen LogP contribution is 2.44. The van der Waals surface area contributed by atoms with Crippen LogP contribution in [0, 0.1) is 11.8 Å². The minimum Gasteiger partial charge on any atom is -0.497 e. The minimum atomic E-state index is -3.33. The number of nitrogens with one attached hydrogen (secondary N) is 1. The number of methoxy groups -OCH3 is 1. The van der Waals surface area contributed by atoms with Crippen LogP contribution in [0.2, 0.25) is 0 Å². The first kappa shape index (κ1) is 23.5. The summed E-state index contributed by atoms with van der Waals surface area (Å²) in [4.78, 5) is 28.7. The Balaban J connectivity index is 1.70. The van der Waals surface area contributed by atoms with Crippen molar-refractivity contribution in [3.05, 3.63) is 31.4 Å². The standard InChI is InChI=1S/C22H26F5N3O4/c1-34-17-15-13(20(32)28-21(33)30(15)10-4-5-10)12(19(24)25)14(23)16(17)29-7-9-3-2-6-22(26,27)18(31)11(9)8-29/h9-11,14,16,18-19,31H,2-8H2,1H3,(H,28,32,33). The molecule has 4 aliphatic rings. The van der Waals surface area contributed by atoms with E-state index in [0.717, 1.165) is 0 Å². The van der Waals surface area contributed by atoms with Gasteiger partial charge in [-0.25, -0.2) is 26.7 Å². The second-order valence-electron chi connectivity index (χ2n) is 9.73. The van der Waals surface area contributed by atoms with Crippen LogP contribution in [0.4, 0.5) is 22.0 Å². The molecule has 5 atom stereocenters. The monoisotopic (exact) mass is 491 g/mol. The molecular weight excluding hydrogens is 465 g/mol. The minimum absolute atomic E-state index is 0.0957. The highest BCUT2D eigenvalue weighted by molar-refractivity contribution is 5.63. The van der Waals surface area contributed by atoms with Crippen molar-refractivity contribution in [3.63, 3.8) is 0 Å². The van der Waals surface area contributed by atoms with Crippen molar-refractivity contribution < 1.29 is 31.8 Å². The van der Waals surface area contributed by atoms with E-state index in [1.54, 1.807) is 0 Å². The Morgan fingerprint density at radius 3 is 2.50 bits per heavy atom. The fourth-order valence-corrected chi connectivity index (χ4v) is 6.00. The summed E-state index contributed by atoms with van der Waals surface area (Å²) in [6, 6.07) is -1.79. The zero-order chi connectivity index (χ0) is 24.5. The van der Waals surface area contributed by atoms with Crippen molar-refractivity contribution >= 4 is 11.3 Å². The maximum atomic E-state index is 15.9. The third kappa shape index (κ3) is 3.52. The number of aliphatic hydroxyl groups excluding tert-OH is 1. The summed E-state index contributed by atoms with van der Waals surface area (Å²) in [6.45, 7) is -0.0550. The summed E-state index contributed by atoms with van der Waals surface area (Å²) in [6.07, 6.45) is -6.35. The molecule has 1 saturated heterocycles. The summed E-state index contributed by atoms with van der Waals surface area (Å²) in [5, 5.41) is 9.58. The quantitative estimate of drug-likeness (QED) is 0.599. The van der Waals surface area contributed by atoms with Crippen LogP contribution in [0.5, 0.6) is 0 Å². The second-order valence-corrected chi connectivity index (χ2v) is 9.73. The molecule has 0 bridgehead atoms. The molecule has 3 aliphatic carbocycles. The van der Waals surface area contributed by atoms with Gasteiger partial charge in [0.2, 0.25) is 0 Å². The summed E-state index contributed by atoms with van der Waals surface area (Å²) >= 11 is 0. The van der Waals surface area contributed by atoms with Crippen LogP contribution < -0.4 is 21.8 Å². The van der Waals surface area contributed by atoms with Gasteiger partial charge in [-0.2, -0.15) is 0 Å². The van der Waals surface area contributed by atoms with Crippen molar-refractivity contribution in [1.82, 2.24) is 14.5 Å². The predicted molar refractivity (Wildman–Crippen MR) is 111 cm³/mol. The van der Waals surface area contributed by atoms with Crippen LogP contribution in [0.25, 0.3) is 11.3 Å². The molecular formula is C22H26F5N3O4. The van der Waals surface area contributed by atoms with Gasteiger partial charge < -0.3 is 9.84 Å². The molecule has 1 aromatic heterocycles. The Labute approximate surface area is 190 Å². The first-order valence-corrected chi connectivity index (χ1v) is 11.5. The van der Waals surface area contributed by atoms with E-state index >= 15 is 4.39 Å². The lowest BCUT2D eigenvalue weighted by Crippen LogP contribution is -2.63. The van der Waals surface area contributed by atoms with Crippen molar-refractivity contribution in [2.24, 2.45) is 11.8 Å². The molecule has 0 radical (unpaired) electrons. The number of fused-ring (bicyclic) bond motifs is 2. The molecule has 0 spiro atoms. The number of aromatic amines is 1. The van der Waals surface area contributed by atoms with Gasteiger partial charge in [-0.15, -0.1) is 0 Å². The number of aliphatic hydroxyl groups is 1. The number of aromatic nitrogens is 2. The number of H-pyrrole nitrogens is 1. The van der Waals surface area contributed by atoms with Crippen molar-refractivity contribution in [1.29, 1.82) is 0 Å². The van der Waals surface area contributed by atoms with Gasteiger partial charge in [0.15, 0.2) is 6.17 Å². The Morgan fingerprint density at radius 1 is 1.18 bits per heavy atom. The number of nitrogens with zero attached hydrogens (tertiary/aromatic N) is 2. The lowest BCUT2D eigenvalue weighted by molar-refractivity contribution is -0.132. The molecule has 1 aliphatic heterocycles. The number of ether oxygens (including phenoxy) is 1. The number of rotatable bonds is 4. The topological polar surface area (TPSA) is 87.6 Å². The number of likely N-dealkylation sites (tertiary alicyclic amines) is 1. The lowest BCUT2D eigenvalue weighted by atomic mass is 9.88. The molecule has 188 valence electrons. The molecule has 5 rings (SSSR count). The largest absolute Gasteiger partial charge is 0.497 e. The molecule has 5 unspecified atom stereocenters. The average Bonchev–Trinajstić information content (AvgIpc) is 3.52. The Kier molecular flexibility index (Phi) is 5.66. The summed E-state index contributed by atoms with van der Waals surface area (Å²) in [5.74, 6) is -4.70. The van der Waals surface area contributed by atoms with Crippen molar-refractivity contribution in [3.8, 4) is 0 Å². The van der Waals surface area contributed by atoms with Crippen LogP contribution >= 0.6 is 0 Å². The van der Waals surface area contributed by atoms with Gasteiger partial charge in [-0.05, 0) is 31.6 Å². The van der Waals surface area contributed by atoms with Crippen LogP contribution in [0.1, 0.15) is 38.1 Å². The zero-order valence-electron chi connectivity index (χ0n) is 18.4. The van der Waals surface area contributed by atoms with Gasteiger partial charge >= 0.3 is 5.69 Å². The third-order valence-corrected chi connectivity index (χ3v) is 7.71. The third-order valence-electron chi connectivity index (χ3n) is 7.71. The predicted octanol–water partition coefficient (Wildman–Crippen LogP) is 0.490. The van der Waals surface area contributed by atoms with Crippen LogP contribution in [0.3, 0.4) is 0 Å². The van der Waals surface area contributed by atoms with E-state index in [1.165, 1.54) is 16.6 Å². The zero-order valence-corrected chi connectivity index (χ0v) is 18.4. The molecule has 2 saturated carbocycles. The molecule has 7 nitrogen and oxygen atoms in total. The Bertz CT molecular complexity index is 1220. The van der Waals surface area contributed by atoms with Crippen LogP contribution in [-0.4, -0.2) is 70.4 Å². The van der Waals surface area contributed by atoms with Crippen LogP contribution in [-0.2, 0) is 4.74 Å². The van der Waals surface area contributed by atoms with E-state index in [-0.39, 0.29) is 42.6 Å². The molecule has 0 aromatic carbocycles. The number of alkyl halides is 5. The molecule has 3 fully saturated rings. The molecule has 2 heterocycles. The van der Waals surface area contributed by atoms with Gasteiger partial charge in [-0.3, -0.25) is 19.2 Å². The fourth-order valence-electron chi connectivity index (χ4n) is 6.00. The van der Waals surface area contributed by atoms with Crippen molar-refractivity contribution in [2.75, 3.05) is 20.2 Å². The SMILES string of the molecule is COC1=c2c(c(=O)[nH]c(=O)n2C2CC2)=C(C(F)F)C(F)C1N1CC2CCCC(F)(F)C(O)C2C1. The maximum Gasteiger partial charge on any atom is 0.329 e. The van der Waals surface area contributed by atoms with Crippen molar-refractivity contribution in [2.45, 2.75) is 68.8 Å². The van der Waals surface area contributed by atoms with Gasteiger partial charge in [0, 0.05) is 37.0 Å². The van der Waals surface area contributed by atoms with E-state index in [1.807, 2.05) is 4.98 Å². The van der Waals surface area contributed by atoms with E-state index in [4.69, 9.17) is 4.74 Å². The maximum absolute atomic E-state index is 15.9. The Morgan fingerprint density at radius 2 is 1.88 bits per heavy atom. The van der Waals surface area contributed by atoms with Gasteiger partial charge in [0.25, 0.3) is 17.9 Å².